The average Bonchev–Trinajstić information content (AvgIpc) is 2.85. The molecule has 0 bridgehead atoms. The molecule has 1 saturated carbocycles. The van der Waals surface area contributed by atoms with Crippen LogP contribution in [-0.4, -0.2) is 22.4 Å². The van der Waals surface area contributed by atoms with Crippen LogP contribution in [0.15, 0.2) is 12.4 Å². The lowest BCUT2D eigenvalue weighted by atomic mass is 9.69. The fourth-order valence-corrected chi connectivity index (χ4v) is 3.34. The Morgan fingerprint density at radius 2 is 2.00 bits per heavy atom. The quantitative estimate of drug-likeness (QED) is 0.857. The summed E-state index contributed by atoms with van der Waals surface area (Å²) in [4.78, 5) is 0. The van der Waals surface area contributed by atoms with E-state index in [9.17, 15) is 0 Å². The molecule has 0 aromatic carbocycles. The van der Waals surface area contributed by atoms with Crippen molar-refractivity contribution in [2.75, 3.05) is 6.54 Å². The molecule has 0 spiro atoms. The Bertz CT molecular complexity index is 400. The van der Waals surface area contributed by atoms with E-state index in [1.54, 1.807) is 0 Å². The molecule has 1 N–H and O–H groups in total. The molecule has 0 atom stereocenters. The van der Waals surface area contributed by atoms with Crippen LogP contribution in [0.2, 0.25) is 0 Å². The fourth-order valence-electron chi connectivity index (χ4n) is 3.34. The molecule has 0 unspecified atom stereocenters. The second kappa shape index (κ2) is 6.75. The molecule has 0 saturated heterocycles. The number of aryl methyl sites for hydroxylation is 1. The Morgan fingerprint density at radius 1 is 1.30 bits per heavy atom. The van der Waals surface area contributed by atoms with Crippen LogP contribution in [0.1, 0.15) is 58.4 Å². The first-order valence-electron chi connectivity index (χ1n) is 8.23. The van der Waals surface area contributed by atoms with Crippen LogP contribution in [0.25, 0.3) is 0 Å². The summed E-state index contributed by atoms with van der Waals surface area (Å²) in [5.41, 5.74) is 1.77. The van der Waals surface area contributed by atoms with E-state index in [2.05, 4.69) is 44.3 Å². The van der Waals surface area contributed by atoms with Gasteiger partial charge in [0.25, 0.3) is 0 Å². The van der Waals surface area contributed by atoms with Crippen LogP contribution < -0.4 is 5.32 Å². The molecular formula is C17H31N3. The SMILES string of the molecule is CCC(C)(C)C1CCC(NCCn2cc(C)cn2)CC1. The van der Waals surface area contributed by atoms with Crippen molar-refractivity contribution in [2.45, 2.75) is 72.4 Å². The maximum absolute atomic E-state index is 4.33. The highest BCUT2D eigenvalue weighted by atomic mass is 15.3. The molecule has 1 aliphatic rings. The fraction of sp³-hybridized carbons (Fsp3) is 0.824. The lowest BCUT2D eigenvalue weighted by Gasteiger charge is -2.39. The minimum absolute atomic E-state index is 0.525. The number of rotatable bonds is 6. The van der Waals surface area contributed by atoms with E-state index < -0.39 is 0 Å². The zero-order chi connectivity index (χ0) is 14.6. The van der Waals surface area contributed by atoms with Gasteiger partial charge in [0, 0.05) is 18.8 Å². The summed E-state index contributed by atoms with van der Waals surface area (Å²) < 4.78 is 2.04. The molecule has 1 aliphatic carbocycles. The highest BCUT2D eigenvalue weighted by Crippen LogP contribution is 2.40. The Balaban J connectivity index is 1.67. The molecule has 0 aliphatic heterocycles. The summed E-state index contributed by atoms with van der Waals surface area (Å²) in [7, 11) is 0. The Labute approximate surface area is 124 Å². The van der Waals surface area contributed by atoms with Gasteiger partial charge in [-0.15, -0.1) is 0 Å². The molecule has 1 aromatic rings. The maximum atomic E-state index is 4.33. The van der Waals surface area contributed by atoms with Crippen LogP contribution >= 0.6 is 0 Å². The summed E-state index contributed by atoms with van der Waals surface area (Å²) in [6.45, 7) is 11.3. The molecule has 114 valence electrons. The van der Waals surface area contributed by atoms with Crippen molar-refractivity contribution in [2.24, 2.45) is 11.3 Å². The molecule has 0 amide bonds. The molecule has 20 heavy (non-hydrogen) atoms. The predicted octanol–water partition coefficient (Wildman–Crippen LogP) is 3.78. The molecule has 0 radical (unpaired) electrons. The van der Waals surface area contributed by atoms with E-state index in [1.165, 1.54) is 37.7 Å². The van der Waals surface area contributed by atoms with E-state index in [0.717, 1.165) is 25.0 Å². The zero-order valence-electron chi connectivity index (χ0n) is 13.7. The van der Waals surface area contributed by atoms with Gasteiger partial charge in [-0.05, 0) is 49.5 Å². The van der Waals surface area contributed by atoms with Crippen LogP contribution in [-0.2, 0) is 6.54 Å². The molecule has 1 fully saturated rings. The summed E-state index contributed by atoms with van der Waals surface area (Å²) in [5, 5.41) is 8.04. The Morgan fingerprint density at radius 3 is 2.55 bits per heavy atom. The van der Waals surface area contributed by atoms with Gasteiger partial charge in [-0.1, -0.05) is 27.2 Å². The third-order valence-electron chi connectivity index (χ3n) is 5.28. The monoisotopic (exact) mass is 277 g/mol. The van der Waals surface area contributed by atoms with Crippen LogP contribution in [0.5, 0.6) is 0 Å². The lowest BCUT2D eigenvalue weighted by molar-refractivity contribution is 0.137. The number of hydrogen-bond acceptors (Lipinski definition) is 2. The van der Waals surface area contributed by atoms with Gasteiger partial charge in [-0.2, -0.15) is 5.10 Å². The van der Waals surface area contributed by atoms with Crippen molar-refractivity contribution in [1.82, 2.24) is 15.1 Å². The lowest BCUT2D eigenvalue weighted by Crippen LogP contribution is -2.38. The van der Waals surface area contributed by atoms with Crippen molar-refractivity contribution in [3.63, 3.8) is 0 Å². The van der Waals surface area contributed by atoms with Gasteiger partial charge in [0.1, 0.15) is 0 Å². The van der Waals surface area contributed by atoms with E-state index >= 15 is 0 Å². The first-order chi connectivity index (χ1) is 9.51. The normalized spacial score (nSPS) is 24.0. The highest BCUT2D eigenvalue weighted by molar-refractivity contribution is 4.99. The van der Waals surface area contributed by atoms with Crippen LogP contribution in [0.3, 0.4) is 0 Å². The second-order valence-electron chi connectivity index (χ2n) is 7.13. The number of hydrogen-bond donors (Lipinski definition) is 1. The third-order valence-corrected chi connectivity index (χ3v) is 5.28. The van der Waals surface area contributed by atoms with Crippen molar-refractivity contribution < 1.29 is 0 Å². The van der Waals surface area contributed by atoms with E-state index in [-0.39, 0.29) is 0 Å². The molecule has 3 nitrogen and oxygen atoms in total. The van der Waals surface area contributed by atoms with Gasteiger partial charge in [-0.3, -0.25) is 4.68 Å². The van der Waals surface area contributed by atoms with Crippen LogP contribution in [0, 0.1) is 18.3 Å². The second-order valence-corrected chi connectivity index (χ2v) is 7.13. The molecule has 1 heterocycles. The van der Waals surface area contributed by atoms with E-state index in [0.29, 0.717) is 5.41 Å². The third kappa shape index (κ3) is 4.08. The standard InChI is InChI=1S/C17H31N3/c1-5-17(3,4)15-6-8-16(9-7-15)18-10-11-20-13-14(2)12-19-20/h12-13,15-16,18H,5-11H2,1-4H3. The average molecular weight is 277 g/mol. The number of aromatic nitrogens is 2. The zero-order valence-corrected chi connectivity index (χ0v) is 13.7. The van der Waals surface area contributed by atoms with Crippen molar-refractivity contribution in [3.8, 4) is 0 Å². The van der Waals surface area contributed by atoms with Gasteiger partial charge in [0.15, 0.2) is 0 Å². The predicted molar refractivity (Wildman–Crippen MR) is 84.8 cm³/mol. The van der Waals surface area contributed by atoms with E-state index in [1.807, 2.05) is 10.9 Å². The summed E-state index contributed by atoms with van der Waals surface area (Å²) in [5.74, 6) is 0.916. The molecule has 2 rings (SSSR count). The largest absolute Gasteiger partial charge is 0.312 e. The van der Waals surface area contributed by atoms with Crippen LogP contribution in [0.4, 0.5) is 0 Å². The Kier molecular flexibility index (Phi) is 5.25. The Hall–Kier alpha value is -0.830. The smallest absolute Gasteiger partial charge is 0.0534 e. The molecule has 1 aromatic heterocycles. The van der Waals surface area contributed by atoms with Crippen molar-refractivity contribution in [3.05, 3.63) is 18.0 Å². The topological polar surface area (TPSA) is 29.9 Å². The van der Waals surface area contributed by atoms with Crippen molar-refractivity contribution >= 4 is 0 Å². The molecule has 3 heteroatoms. The van der Waals surface area contributed by atoms with Gasteiger partial charge in [-0.25, -0.2) is 0 Å². The summed E-state index contributed by atoms with van der Waals surface area (Å²) >= 11 is 0. The minimum atomic E-state index is 0.525. The first kappa shape index (κ1) is 15.6. The van der Waals surface area contributed by atoms with E-state index in [4.69, 9.17) is 0 Å². The van der Waals surface area contributed by atoms with Gasteiger partial charge < -0.3 is 5.32 Å². The summed E-state index contributed by atoms with van der Waals surface area (Å²) in [6, 6.07) is 0.718. The first-order valence-corrected chi connectivity index (χ1v) is 8.23. The minimum Gasteiger partial charge on any atom is -0.312 e. The van der Waals surface area contributed by atoms with Gasteiger partial charge in [0.05, 0.1) is 12.7 Å². The highest BCUT2D eigenvalue weighted by Gasteiger charge is 2.31. The van der Waals surface area contributed by atoms with Crippen molar-refractivity contribution in [1.29, 1.82) is 0 Å². The number of nitrogens with one attached hydrogen (secondary N) is 1. The maximum Gasteiger partial charge on any atom is 0.0534 e. The van der Waals surface area contributed by atoms with Gasteiger partial charge in [0.2, 0.25) is 0 Å². The molecular weight excluding hydrogens is 246 g/mol. The number of nitrogens with zero attached hydrogens (tertiary/aromatic N) is 2. The van der Waals surface area contributed by atoms with Gasteiger partial charge >= 0.3 is 0 Å². The summed E-state index contributed by atoms with van der Waals surface area (Å²) in [6.07, 6.45) is 10.8.